The smallest absolute Gasteiger partial charge is 0.164 e. The van der Waals surface area contributed by atoms with E-state index in [1.807, 2.05) is 48.6 Å². The normalized spacial score (nSPS) is 12.4. The summed E-state index contributed by atoms with van der Waals surface area (Å²) in [6.07, 6.45) is 9.06. The first-order valence-electron chi connectivity index (χ1n) is 26.2. The van der Waals surface area contributed by atoms with Crippen LogP contribution in [0.3, 0.4) is 0 Å². The maximum absolute atomic E-state index is 12.2. The van der Waals surface area contributed by atoms with Gasteiger partial charge in [0, 0.05) is 38.9 Å². The summed E-state index contributed by atoms with van der Waals surface area (Å²) in [5.41, 5.74) is 15.0. The van der Waals surface area contributed by atoms with Crippen LogP contribution in [0.5, 0.6) is 0 Å². The van der Waals surface area contributed by atoms with Crippen molar-refractivity contribution in [2.24, 2.45) is 0 Å². The van der Waals surface area contributed by atoms with Crippen LogP contribution in [0.4, 0.5) is 0 Å². The molecule has 0 aliphatic carbocycles. The molecule has 2 aromatic heterocycles. The molecule has 7 heteroatoms. The minimum absolute atomic E-state index is 0.0303. The summed E-state index contributed by atoms with van der Waals surface area (Å²) in [7, 11) is 0. The van der Waals surface area contributed by atoms with Gasteiger partial charge in [0.2, 0.25) is 0 Å². The largest absolute Gasteiger partial charge is 0.298 e. The van der Waals surface area contributed by atoms with Gasteiger partial charge in [0.1, 0.15) is 6.29 Å². The Morgan fingerprint density at radius 1 is 0.250 bits per heavy atom. The number of carbonyl (C=O) groups is 1. The standard InChI is InChI=1S/C69H68N6O/c1-66(2,3)56-33-25-52(26-34-56)62-70-60(71-63(74-62)53-27-35-57(36-28-53)67(4,5)6)50-21-17-45(18-22-50)13-15-47-41-48(43-49(42-47)44-76)16-14-46-19-23-51(24-20-46)61-72-64(54-29-37-58(38-30-54)68(7,8)9)75-65(73-61)55-31-39-59(40-32-55)69(10,11)12/h13-44H,1-12H3/b15-13+,16-14+. The molecular formula is C69H68N6O. The molecule has 0 aliphatic heterocycles. The molecule has 0 amide bonds. The maximum Gasteiger partial charge on any atom is 0.164 e. The Balaban J connectivity index is 0.948. The molecular weight excluding hydrogens is 929 g/mol. The van der Waals surface area contributed by atoms with Crippen molar-refractivity contribution < 1.29 is 4.79 Å². The van der Waals surface area contributed by atoms with E-state index in [1.165, 1.54) is 22.3 Å². The number of aromatic nitrogens is 6. The fourth-order valence-corrected chi connectivity index (χ4v) is 8.84. The second kappa shape index (κ2) is 21.1. The molecule has 0 unspecified atom stereocenters. The number of benzene rings is 7. The Labute approximate surface area is 450 Å². The first-order valence-corrected chi connectivity index (χ1v) is 26.2. The van der Waals surface area contributed by atoms with Crippen molar-refractivity contribution in [3.05, 3.63) is 214 Å². The first-order chi connectivity index (χ1) is 36.0. The van der Waals surface area contributed by atoms with Crippen LogP contribution in [0.2, 0.25) is 0 Å². The number of nitrogens with zero attached hydrogens (tertiary/aromatic N) is 6. The lowest BCUT2D eigenvalue weighted by atomic mass is 9.86. The van der Waals surface area contributed by atoms with Crippen LogP contribution in [-0.4, -0.2) is 36.2 Å². The molecule has 0 aliphatic rings. The van der Waals surface area contributed by atoms with Crippen LogP contribution in [0, 0.1) is 0 Å². The molecule has 9 rings (SSSR count). The maximum atomic E-state index is 12.2. The van der Waals surface area contributed by atoms with Crippen molar-refractivity contribution in [1.82, 2.24) is 29.9 Å². The van der Waals surface area contributed by atoms with E-state index >= 15 is 0 Å². The van der Waals surface area contributed by atoms with Gasteiger partial charge in [-0.1, -0.05) is 253 Å². The quantitative estimate of drug-likeness (QED) is 0.0941. The van der Waals surface area contributed by atoms with Crippen molar-refractivity contribution in [3.63, 3.8) is 0 Å². The van der Waals surface area contributed by atoms with Gasteiger partial charge in [0.15, 0.2) is 34.9 Å². The predicted octanol–water partition coefficient (Wildman–Crippen LogP) is 17.4. The van der Waals surface area contributed by atoms with Gasteiger partial charge in [-0.05, 0) is 84.4 Å². The Bertz CT molecular complexity index is 3180. The zero-order valence-corrected chi connectivity index (χ0v) is 46.1. The lowest BCUT2D eigenvalue weighted by molar-refractivity contribution is 0.112. The highest BCUT2D eigenvalue weighted by atomic mass is 16.1. The summed E-state index contributed by atoms with van der Waals surface area (Å²) < 4.78 is 0. The van der Waals surface area contributed by atoms with Gasteiger partial charge in [-0.25, -0.2) is 29.9 Å². The van der Waals surface area contributed by atoms with Gasteiger partial charge < -0.3 is 0 Å². The van der Waals surface area contributed by atoms with Gasteiger partial charge in [-0.3, -0.25) is 4.79 Å². The van der Waals surface area contributed by atoms with E-state index in [1.54, 1.807) is 0 Å². The van der Waals surface area contributed by atoms with Crippen molar-refractivity contribution in [1.29, 1.82) is 0 Å². The van der Waals surface area contributed by atoms with E-state index in [0.717, 1.165) is 61.9 Å². The highest BCUT2D eigenvalue weighted by Crippen LogP contribution is 2.33. The highest BCUT2D eigenvalue weighted by Gasteiger charge is 2.20. The van der Waals surface area contributed by atoms with Crippen LogP contribution in [0.1, 0.15) is 138 Å². The summed E-state index contributed by atoms with van der Waals surface area (Å²) in [4.78, 5) is 42.2. The van der Waals surface area contributed by atoms with Gasteiger partial charge in [-0.15, -0.1) is 0 Å². The highest BCUT2D eigenvalue weighted by molar-refractivity contribution is 5.83. The molecule has 9 aromatic rings. The van der Waals surface area contributed by atoms with E-state index in [9.17, 15) is 4.79 Å². The van der Waals surface area contributed by atoms with Crippen LogP contribution >= 0.6 is 0 Å². The number of rotatable bonds is 11. The molecule has 0 spiro atoms. The summed E-state index contributed by atoms with van der Waals surface area (Å²) in [6.45, 7) is 26.6. The molecule has 0 fully saturated rings. The minimum atomic E-state index is 0.0303. The van der Waals surface area contributed by atoms with Crippen molar-refractivity contribution >= 4 is 30.6 Å². The molecule has 2 heterocycles. The first kappa shape index (κ1) is 52.6. The van der Waals surface area contributed by atoms with Gasteiger partial charge in [-0.2, -0.15) is 0 Å². The Kier molecular flexibility index (Phi) is 14.6. The average Bonchev–Trinajstić information content (AvgIpc) is 3.41. The summed E-state index contributed by atoms with van der Waals surface area (Å²) in [5.74, 6) is 3.71. The minimum Gasteiger partial charge on any atom is -0.298 e. The Morgan fingerprint density at radius 2 is 0.434 bits per heavy atom. The van der Waals surface area contributed by atoms with E-state index in [4.69, 9.17) is 29.9 Å². The van der Waals surface area contributed by atoms with Crippen molar-refractivity contribution in [3.8, 4) is 68.3 Å². The van der Waals surface area contributed by atoms with E-state index in [0.29, 0.717) is 40.5 Å². The third-order valence-electron chi connectivity index (χ3n) is 13.7. The number of carbonyl (C=O) groups excluding carboxylic acids is 1. The number of hydrogen-bond acceptors (Lipinski definition) is 7. The average molecular weight is 997 g/mol. The third kappa shape index (κ3) is 12.6. The summed E-state index contributed by atoms with van der Waals surface area (Å²) in [5, 5.41) is 0. The summed E-state index contributed by atoms with van der Waals surface area (Å²) in [6, 6.07) is 56.4. The fraction of sp³-hybridized carbons (Fsp3) is 0.232. The van der Waals surface area contributed by atoms with E-state index < -0.39 is 0 Å². The molecule has 380 valence electrons. The SMILES string of the molecule is CC(C)(C)c1ccc(-c2nc(-c3ccc(/C=C/c4cc(C=O)cc(/C=C/c5ccc(-c6nc(-c7ccc(C(C)(C)C)cc7)nc(-c7ccc(C(C)(C)C)cc7)n6)cc5)c4)cc3)nc(-c3ccc(C(C)(C)C)cc3)n2)cc1. The fourth-order valence-electron chi connectivity index (χ4n) is 8.84. The molecule has 0 bridgehead atoms. The van der Waals surface area contributed by atoms with Gasteiger partial charge >= 0.3 is 0 Å². The Hall–Kier alpha value is -8.29. The second-order valence-corrected chi connectivity index (χ2v) is 23.9. The zero-order chi connectivity index (χ0) is 54.0. The molecule has 76 heavy (non-hydrogen) atoms. The lowest BCUT2D eigenvalue weighted by Crippen LogP contribution is -2.11. The molecule has 0 saturated carbocycles. The topological polar surface area (TPSA) is 94.4 Å². The van der Waals surface area contributed by atoms with Crippen LogP contribution < -0.4 is 0 Å². The summed E-state index contributed by atoms with van der Waals surface area (Å²) >= 11 is 0. The molecule has 0 N–H and O–H groups in total. The molecule has 0 atom stereocenters. The molecule has 0 radical (unpaired) electrons. The monoisotopic (exact) mass is 997 g/mol. The van der Waals surface area contributed by atoms with E-state index in [2.05, 4.69) is 223 Å². The number of aldehydes is 1. The zero-order valence-electron chi connectivity index (χ0n) is 46.1. The molecule has 7 aromatic carbocycles. The van der Waals surface area contributed by atoms with Gasteiger partial charge in [0.25, 0.3) is 0 Å². The Morgan fingerprint density at radius 3 is 0.632 bits per heavy atom. The third-order valence-corrected chi connectivity index (χ3v) is 13.7. The van der Waals surface area contributed by atoms with Crippen molar-refractivity contribution in [2.45, 2.75) is 105 Å². The van der Waals surface area contributed by atoms with Crippen LogP contribution in [0.15, 0.2) is 164 Å². The molecule has 0 saturated heterocycles. The van der Waals surface area contributed by atoms with Gasteiger partial charge in [0.05, 0.1) is 0 Å². The number of hydrogen-bond donors (Lipinski definition) is 0. The predicted molar refractivity (Wildman–Crippen MR) is 317 cm³/mol. The second-order valence-electron chi connectivity index (χ2n) is 23.9. The molecule has 7 nitrogen and oxygen atoms in total. The van der Waals surface area contributed by atoms with E-state index in [-0.39, 0.29) is 21.7 Å². The van der Waals surface area contributed by atoms with Crippen LogP contribution in [0.25, 0.3) is 92.6 Å². The van der Waals surface area contributed by atoms with Crippen LogP contribution in [-0.2, 0) is 21.7 Å². The van der Waals surface area contributed by atoms with Crippen molar-refractivity contribution in [2.75, 3.05) is 0 Å². The lowest BCUT2D eigenvalue weighted by Gasteiger charge is -2.19.